The van der Waals surface area contributed by atoms with Crippen LogP contribution in [0.15, 0.2) is 60.8 Å². The lowest BCUT2D eigenvalue weighted by atomic mass is 10.2. The molecule has 0 saturated heterocycles. The van der Waals surface area contributed by atoms with Gasteiger partial charge in [-0.15, -0.1) is 0 Å². The molecule has 0 aliphatic rings. The van der Waals surface area contributed by atoms with Crippen molar-refractivity contribution in [1.29, 1.82) is 0 Å². The Kier molecular flexibility index (Phi) is 5.96. The van der Waals surface area contributed by atoms with Gasteiger partial charge in [-0.1, -0.05) is 41.9 Å². The molecule has 2 heterocycles. The first-order chi connectivity index (χ1) is 14.6. The summed E-state index contributed by atoms with van der Waals surface area (Å²) in [6.45, 7) is 8.00. The maximum Gasteiger partial charge on any atom is 0.147 e. The van der Waals surface area contributed by atoms with Crippen molar-refractivity contribution in [2.75, 3.05) is 6.61 Å². The van der Waals surface area contributed by atoms with Gasteiger partial charge < -0.3 is 14.0 Å². The lowest BCUT2D eigenvalue weighted by Crippen LogP contribution is -2.05. The molecule has 5 heteroatoms. The molecule has 2 aromatic heterocycles. The number of nitrogens with zero attached hydrogens (tertiary/aromatic N) is 2. The lowest BCUT2D eigenvalue weighted by Gasteiger charge is -2.14. The monoisotopic (exact) mass is 420 g/mol. The zero-order valence-corrected chi connectivity index (χ0v) is 18.2. The minimum atomic E-state index is 0.430. The molecule has 0 fully saturated rings. The van der Waals surface area contributed by atoms with E-state index in [-0.39, 0.29) is 0 Å². The third-order valence-electron chi connectivity index (χ3n) is 5.37. The minimum absolute atomic E-state index is 0.430. The molecule has 0 amide bonds. The number of aromatic nitrogens is 2. The van der Waals surface area contributed by atoms with Gasteiger partial charge in [0.25, 0.3) is 0 Å². The summed E-state index contributed by atoms with van der Waals surface area (Å²) in [5.41, 5.74) is 6.52. The lowest BCUT2D eigenvalue weighted by molar-refractivity contribution is 0.288. The van der Waals surface area contributed by atoms with E-state index in [4.69, 9.17) is 21.1 Å². The number of fused-ring (bicyclic) bond motifs is 1. The molecule has 4 nitrogen and oxygen atoms in total. The van der Waals surface area contributed by atoms with Crippen LogP contribution in [0.4, 0.5) is 0 Å². The van der Waals surface area contributed by atoms with Crippen molar-refractivity contribution < 1.29 is 9.47 Å². The molecule has 0 radical (unpaired) electrons. The molecule has 0 aliphatic heterocycles. The fraction of sp³-hybridized carbons (Fsp3) is 0.240. The van der Waals surface area contributed by atoms with E-state index < -0.39 is 0 Å². The van der Waals surface area contributed by atoms with Crippen molar-refractivity contribution in [2.45, 2.75) is 33.9 Å². The highest BCUT2D eigenvalue weighted by molar-refractivity contribution is 6.30. The minimum Gasteiger partial charge on any atom is -0.493 e. The predicted molar refractivity (Wildman–Crippen MR) is 122 cm³/mol. The highest BCUT2D eigenvalue weighted by Gasteiger charge is 2.17. The van der Waals surface area contributed by atoms with E-state index >= 15 is 0 Å². The second-order valence-electron chi connectivity index (χ2n) is 7.26. The van der Waals surface area contributed by atoms with Gasteiger partial charge in [0.05, 0.1) is 12.1 Å². The Morgan fingerprint density at radius 2 is 1.70 bits per heavy atom. The molecule has 0 saturated carbocycles. The number of hydrogen-bond acceptors (Lipinski definition) is 3. The van der Waals surface area contributed by atoms with Crippen LogP contribution in [0.25, 0.3) is 11.0 Å². The number of benzene rings is 2. The van der Waals surface area contributed by atoms with E-state index in [0.717, 1.165) is 39.7 Å². The highest BCUT2D eigenvalue weighted by Crippen LogP contribution is 2.32. The molecule has 30 heavy (non-hydrogen) atoms. The van der Waals surface area contributed by atoms with Crippen LogP contribution in [0.3, 0.4) is 0 Å². The first-order valence-electron chi connectivity index (χ1n) is 10.1. The quantitative estimate of drug-likeness (QED) is 0.350. The molecule has 0 spiro atoms. The van der Waals surface area contributed by atoms with Crippen molar-refractivity contribution in [3.63, 3.8) is 0 Å². The summed E-state index contributed by atoms with van der Waals surface area (Å²) in [4.78, 5) is 4.63. The number of para-hydroxylation sites is 1. The maximum atomic E-state index is 6.30. The van der Waals surface area contributed by atoms with Crippen LogP contribution in [-0.4, -0.2) is 16.2 Å². The van der Waals surface area contributed by atoms with Crippen molar-refractivity contribution in [2.24, 2.45) is 0 Å². The van der Waals surface area contributed by atoms with Crippen LogP contribution in [0.5, 0.6) is 11.5 Å². The molecule has 2 aromatic carbocycles. The third-order valence-corrected chi connectivity index (χ3v) is 5.62. The standard InChI is InChI=1S/C25H25ClN2O2/c1-4-29-22-8-6-5-7-20(22)16-30-23-13-14-27-24-17(2)18(3)28(25(23)24)15-19-9-11-21(26)12-10-19/h5-14H,4,15-16H2,1-3H3. The Morgan fingerprint density at radius 3 is 2.47 bits per heavy atom. The molecule has 0 bridgehead atoms. The van der Waals surface area contributed by atoms with Crippen molar-refractivity contribution >= 4 is 22.6 Å². The second-order valence-corrected chi connectivity index (χ2v) is 7.70. The molecule has 4 rings (SSSR count). The van der Waals surface area contributed by atoms with Gasteiger partial charge in [0.1, 0.15) is 23.6 Å². The average molecular weight is 421 g/mol. The van der Waals surface area contributed by atoms with Crippen molar-refractivity contribution in [1.82, 2.24) is 9.55 Å². The van der Waals surface area contributed by atoms with Gasteiger partial charge >= 0.3 is 0 Å². The van der Waals surface area contributed by atoms with Crippen molar-refractivity contribution in [3.8, 4) is 11.5 Å². The molecule has 4 aromatic rings. The van der Waals surface area contributed by atoms with E-state index in [2.05, 4.69) is 35.5 Å². The Hall–Kier alpha value is -2.98. The maximum absolute atomic E-state index is 6.30. The molecule has 0 aliphatic carbocycles. The van der Waals surface area contributed by atoms with Crippen LogP contribution < -0.4 is 9.47 Å². The largest absolute Gasteiger partial charge is 0.493 e. The van der Waals surface area contributed by atoms with E-state index in [1.807, 2.05) is 55.6 Å². The van der Waals surface area contributed by atoms with E-state index in [1.54, 1.807) is 0 Å². The van der Waals surface area contributed by atoms with Crippen LogP contribution >= 0.6 is 11.6 Å². The van der Waals surface area contributed by atoms with E-state index in [1.165, 1.54) is 16.8 Å². The summed E-state index contributed by atoms with van der Waals surface area (Å²) < 4.78 is 14.3. The summed E-state index contributed by atoms with van der Waals surface area (Å²) >= 11 is 6.06. The van der Waals surface area contributed by atoms with E-state index in [9.17, 15) is 0 Å². The predicted octanol–water partition coefficient (Wildman–Crippen LogP) is 6.33. The zero-order valence-electron chi connectivity index (χ0n) is 17.5. The van der Waals surface area contributed by atoms with Crippen LogP contribution in [0.1, 0.15) is 29.3 Å². The molecule has 0 atom stereocenters. The Balaban J connectivity index is 1.70. The van der Waals surface area contributed by atoms with Gasteiger partial charge in [-0.25, -0.2) is 0 Å². The van der Waals surface area contributed by atoms with Gasteiger partial charge in [-0.3, -0.25) is 4.98 Å². The topological polar surface area (TPSA) is 36.3 Å². The van der Waals surface area contributed by atoms with Gasteiger partial charge in [0.15, 0.2) is 0 Å². The molecular formula is C25H25ClN2O2. The van der Waals surface area contributed by atoms with Gasteiger partial charge in [0.2, 0.25) is 0 Å². The number of rotatable bonds is 7. The molecule has 0 unspecified atom stereocenters. The van der Waals surface area contributed by atoms with Crippen LogP contribution in [0.2, 0.25) is 5.02 Å². The summed E-state index contributed by atoms with van der Waals surface area (Å²) in [6, 6.07) is 17.9. The third kappa shape index (κ3) is 4.01. The first kappa shape index (κ1) is 20.3. The van der Waals surface area contributed by atoms with Crippen molar-refractivity contribution in [3.05, 3.63) is 88.2 Å². The second kappa shape index (κ2) is 8.80. The van der Waals surface area contributed by atoms with Gasteiger partial charge in [0, 0.05) is 35.1 Å². The Labute approximate surface area is 182 Å². The molecule has 0 N–H and O–H groups in total. The number of ether oxygens (including phenoxy) is 2. The van der Waals surface area contributed by atoms with Crippen LogP contribution in [0, 0.1) is 13.8 Å². The summed E-state index contributed by atoms with van der Waals surface area (Å²) in [6.07, 6.45) is 1.81. The fourth-order valence-corrected chi connectivity index (χ4v) is 3.80. The SMILES string of the molecule is CCOc1ccccc1COc1ccnc2c(C)c(C)n(Cc3ccc(Cl)cc3)c12. The van der Waals surface area contributed by atoms with Crippen LogP contribution in [-0.2, 0) is 13.2 Å². The summed E-state index contributed by atoms with van der Waals surface area (Å²) in [7, 11) is 0. The number of aryl methyl sites for hydroxylation is 1. The van der Waals surface area contributed by atoms with Gasteiger partial charge in [-0.05, 0) is 50.1 Å². The molecule has 154 valence electrons. The highest BCUT2D eigenvalue weighted by atomic mass is 35.5. The number of hydrogen-bond donors (Lipinski definition) is 0. The summed E-state index contributed by atoms with van der Waals surface area (Å²) in [5, 5.41) is 0.739. The first-order valence-corrected chi connectivity index (χ1v) is 10.5. The number of halogens is 1. The fourth-order valence-electron chi connectivity index (χ4n) is 3.67. The van der Waals surface area contributed by atoms with Gasteiger partial charge in [-0.2, -0.15) is 0 Å². The normalized spacial score (nSPS) is 11.1. The smallest absolute Gasteiger partial charge is 0.147 e. The number of pyridine rings is 1. The molecular weight excluding hydrogens is 396 g/mol. The Bertz CT molecular complexity index is 1170. The average Bonchev–Trinajstić information content (AvgIpc) is 3.00. The summed E-state index contributed by atoms with van der Waals surface area (Å²) in [5.74, 6) is 1.67. The van der Waals surface area contributed by atoms with E-state index in [0.29, 0.717) is 13.2 Å². The zero-order chi connectivity index (χ0) is 21.1. The Morgan fingerprint density at radius 1 is 0.933 bits per heavy atom.